The van der Waals surface area contributed by atoms with Crippen LogP contribution in [0.2, 0.25) is 0 Å². The lowest BCUT2D eigenvalue weighted by molar-refractivity contribution is 0.174. The average Bonchev–Trinajstić information content (AvgIpc) is 2.69. The van der Waals surface area contributed by atoms with Crippen LogP contribution >= 0.6 is 0 Å². The van der Waals surface area contributed by atoms with Crippen molar-refractivity contribution < 1.29 is 5.11 Å². The van der Waals surface area contributed by atoms with Gasteiger partial charge in [-0.1, -0.05) is 0 Å². The highest BCUT2D eigenvalue weighted by Gasteiger charge is 2.20. The van der Waals surface area contributed by atoms with Gasteiger partial charge in [-0.3, -0.25) is 5.10 Å². The molecule has 18 heavy (non-hydrogen) atoms. The average molecular weight is 248 g/mol. The van der Waals surface area contributed by atoms with E-state index in [0.29, 0.717) is 12.2 Å². The van der Waals surface area contributed by atoms with Crippen LogP contribution in [0.1, 0.15) is 19.3 Å². The van der Waals surface area contributed by atoms with E-state index >= 15 is 0 Å². The Hall–Kier alpha value is -1.89. The van der Waals surface area contributed by atoms with Gasteiger partial charge in [0.2, 0.25) is 5.95 Å². The van der Waals surface area contributed by atoms with Crippen LogP contribution in [0.4, 0.5) is 11.8 Å². The molecule has 1 aliphatic heterocycles. The first-order valence-corrected chi connectivity index (χ1v) is 6.13. The fourth-order valence-corrected chi connectivity index (χ4v) is 2.39. The molecular formula is C11H16N6O. The number of nitrogen functional groups attached to an aromatic ring is 1. The van der Waals surface area contributed by atoms with E-state index in [4.69, 9.17) is 5.73 Å². The molecule has 2 aromatic heterocycles. The largest absolute Gasteiger partial charge is 0.391 e. The first kappa shape index (κ1) is 11.2. The van der Waals surface area contributed by atoms with Crippen molar-refractivity contribution in [1.29, 1.82) is 0 Å². The first-order chi connectivity index (χ1) is 8.74. The van der Waals surface area contributed by atoms with Crippen molar-refractivity contribution in [2.75, 3.05) is 23.7 Å². The van der Waals surface area contributed by atoms with Crippen LogP contribution in [0.25, 0.3) is 11.0 Å². The summed E-state index contributed by atoms with van der Waals surface area (Å²) in [5, 5.41) is 17.5. The zero-order chi connectivity index (χ0) is 12.5. The van der Waals surface area contributed by atoms with E-state index in [0.717, 1.165) is 37.0 Å². The van der Waals surface area contributed by atoms with Gasteiger partial charge in [-0.2, -0.15) is 15.1 Å². The number of aliphatic hydroxyl groups excluding tert-OH is 1. The number of hydrogen-bond acceptors (Lipinski definition) is 6. The maximum absolute atomic E-state index is 9.87. The molecule has 3 rings (SSSR count). The SMILES string of the molecule is Nc1nc(N2CCCCC(O)C2)c2cn[nH]c2n1. The molecule has 0 amide bonds. The number of nitrogens with one attached hydrogen (secondary N) is 1. The summed E-state index contributed by atoms with van der Waals surface area (Å²) in [6.45, 7) is 1.45. The summed E-state index contributed by atoms with van der Waals surface area (Å²) in [5.41, 5.74) is 6.34. The Kier molecular flexibility index (Phi) is 2.75. The third-order valence-corrected chi connectivity index (χ3v) is 3.25. The number of aliphatic hydroxyl groups is 1. The van der Waals surface area contributed by atoms with Gasteiger partial charge in [-0.05, 0) is 19.3 Å². The van der Waals surface area contributed by atoms with E-state index in [1.54, 1.807) is 6.20 Å². The number of rotatable bonds is 1. The minimum atomic E-state index is -0.314. The summed E-state index contributed by atoms with van der Waals surface area (Å²) in [5.74, 6) is 0.979. The molecule has 4 N–H and O–H groups in total. The maximum atomic E-state index is 9.87. The molecule has 1 fully saturated rings. The Balaban J connectivity index is 2.03. The van der Waals surface area contributed by atoms with Crippen LogP contribution in [-0.4, -0.2) is 44.5 Å². The number of aromatic nitrogens is 4. The minimum Gasteiger partial charge on any atom is -0.391 e. The monoisotopic (exact) mass is 248 g/mol. The van der Waals surface area contributed by atoms with Crippen molar-refractivity contribution in [3.63, 3.8) is 0 Å². The number of fused-ring (bicyclic) bond motifs is 1. The van der Waals surface area contributed by atoms with Gasteiger partial charge in [0.15, 0.2) is 5.65 Å². The lowest BCUT2D eigenvalue weighted by Crippen LogP contribution is -2.31. The molecule has 0 radical (unpaired) electrons. The number of aromatic amines is 1. The molecule has 1 aliphatic rings. The highest BCUT2D eigenvalue weighted by molar-refractivity contribution is 5.87. The van der Waals surface area contributed by atoms with E-state index < -0.39 is 0 Å². The summed E-state index contributed by atoms with van der Waals surface area (Å²) in [6, 6.07) is 0. The molecule has 2 aromatic rings. The Morgan fingerprint density at radius 2 is 2.28 bits per heavy atom. The smallest absolute Gasteiger partial charge is 0.224 e. The van der Waals surface area contributed by atoms with Crippen LogP contribution in [0.15, 0.2) is 6.20 Å². The molecule has 1 unspecified atom stereocenters. The molecule has 1 atom stereocenters. The Labute approximate surface area is 104 Å². The fourth-order valence-electron chi connectivity index (χ4n) is 2.39. The lowest BCUT2D eigenvalue weighted by atomic mass is 10.2. The molecule has 1 saturated heterocycles. The van der Waals surface area contributed by atoms with Crippen LogP contribution < -0.4 is 10.6 Å². The van der Waals surface area contributed by atoms with Crippen LogP contribution in [0, 0.1) is 0 Å². The molecule has 7 nitrogen and oxygen atoms in total. The molecule has 3 heterocycles. The van der Waals surface area contributed by atoms with Crippen molar-refractivity contribution in [3.05, 3.63) is 6.20 Å². The van der Waals surface area contributed by atoms with Gasteiger partial charge in [-0.25, -0.2) is 0 Å². The predicted molar refractivity (Wildman–Crippen MR) is 68.2 cm³/mol. The zero-order valence-corrected chi connectivity index (χ0v) is 10.0. The normalized spacial score (nSPS) is 21.2. The Bertz CT molecular complexity index is 553. The van der Waals surface area contributed by atoms with Crippen molar-refractivity contribution in [2.45, 2.75) is 25.4 Å². The van der Waals surface area contributed by atoms with E-state index in [2.05, 4.69) is 25.1 Å². The third kappa shape index (κ3) is 1.97. The molecule has 0 bridgehead atoms. The molecule has 7 heteroatoms. The molecule has 96 valence electrons. The van der Waals surface area contributed by atoms with Crippen molar-refractivity contribution in [1.82, 2.24) is 20.2 Å². The number of nitrogens with two attached hydrogens (primary N) is 1. The van der Waals surface area contributed by atoms with Gasteiger partial charge < -0.3 is 15.7 Å². The summed E-state index contributed by atoms with van der Waals surface area (Å²) < 4.78 is 0. The summed E-state index contributed by atoms with van der Waals surface area (Å²) in [7, 11) is 0. The number of nitrogens with zero attached hydrogens (tertiary/aromatic N) is 4. The van der Waals surface area contributed by atoms with Gasteiger partial charge in [0.05, 0.1) is 17.7 Å². The lowest BCUT2D eigenvalue weighted by Gasteiger charge is -2.23. The summed E-state index contributed by atoms with van der Waals surface area (Å²) in [6.07, 6.45) is 4.30. The highest BCUT2D eigenvalue weighted by Crippen LogP contribution is 2.25. The third-order valence-electron chi connectivity index (χ3n) is 3.25. The molecule has 0 saturated carbocycles. The number of anilines is 2. The second kappa shape index (κ2) is 4.41. The van der Waals surface area contributed by atoms with Crippen LogP contribution in [0.3, 0.4) is 0 Å². The van der Waals surface area contributed by atoms with E-state index in [1.165, 1.54) is 0 Å². The van der Waals surface area contributed by atoms with E-state index in [9.17, 15) is 5.11 Å². The predicted octanol–water partition coefficient (Wildman–Crippen LogP) is 0.286. The van der Waals surface area contributed by atoms with Gasteiger partial charge >= 0.3 is 0 Å². The van der Waals surface area contributed by atoms with Crippen molar-refractivity contribution in [3.8, 4) is 0 Å². The van der Waals surface area contributed by atoms with E-state index in [1.807, 2.05) is 0 Å². The summed E-state index contributed by atoms with van der Waals surface area (Å²) in [4.78, 5) is 10.5. The Morgan fingerprint density at radius 1 is 1.39 bits per heavy atom. The van der Waals surface area contributed by atoms with Gasteiger partial charge in [0.25, 0.3) is 0 Å². The minimum absolute atomic E-state index is 0.223. The van der Waals surface area contributed by atoms with Crippen molar-refractivity contribution in [2.24, 2.45) is 0 Å². The zero-order valence-electron chi connectivity index (χ0n) is 10.0. The maximum Gasteiger partial charge on any atom is 0.224 e. The number of hydrogen-bond donors (Lipinski definition) is 3. The highest BCUT2D eigenvalue weighted by atomic mass is 16.3. The van der Waals surface area contributed by atoms with E-state index in [-0.39, 0.29) is 12.1 Å². The topological polar surface area (TPSA) is 104 Å². The first-order valence-electron chi connectivity index (χ1n) is 6.13. The van der Waals surface area contributed by atoms with Crippen LogP contribution in [0.5, 0.6) is 0 Å². The fraction of sp³-hybridized carbons (Fsp3) is 0.545. The number of β-amino-alcohol motifs (C(OH)–C–C–N with tert-alkyl or cyclic N) is 1. The molecular weight excluding hydrogens is 232 g/mol. The standard InChI is InChI=1S/C11H16N6O/c12-11-14-9-8(5-13-16-9)10(15-11)17-4-2-1-3-7(18)6-17/h5,7,18H,1-4,6H2,(H3,12,13,14,15,16). The van der Waals surface area contributed by atoms with Gasteiger partial charge in [0, 0.05) is 13.1 Å². The van der Waals surface area contributed by atoms with Gasteiger partial charge in [-0.15, -0.1) is 0 Å². The van der Waals surface area contributed by atoms with Crippen LogP contribution in [-0.2, 0) is 0 Å². The van der Waals surface area contributed by atoms with Gasteiger partial charge in [0.1, 0.15) is 5.82 Å². The second-order valence-corrected chi connectivity index (χ2v) is 4.63. The second-order valence-electron chi connectivity index (χ2n) is 4.63. The van der Waals surface area contributed by atoms with Crippen molar-refractivity contribution >= 4 is 22.8 Å². The number of H-pyrrole nitrogens is 1. The molecule has 0 spiro atoms. The quantitative estimate of drug-likeness (QED) is 0.670. The molecule has 0 aromatic carbocycles. The molecule has 0 aliphatic carbocycles. The summed E-state index contributed by atoms with van der Waals surface area (Å²) >= 11 is 0. The Morgan fingerprint density at radius 3 is 3.17 bits per heavy atom.